The molecule has 1 fully saturated rings. The van der Waals surface area contributed by atoms with E-state index in [0.717, 1.165) is 42.8 Å². The summed E-state index contributed by atoms with van der Waals surface area (Å²) in [5.74, 6) is -0.335. The van der Waals surface area contributed by atoms with Gasteiger partial charge in [-0.2, -0.15) is 0 Å². The number of amides is 1. The van der Waals surface area contributed by atoms with E-state index in [1.54, 1.807) is 0 Å². The fraction of sp³-hybridized carbons (Fsp3) is 0.412. The first-order chi connectivity index (χ1) is 10.6. The molecule has 0 saturated carbocycles. The number of aromatic nitrogens is 1. The van der Waals surface area contributed by atoms with E-state index in [2.05, 4.69) is 28.0 Å². The summed E-state index contributed by atoms with van der Waals surface area (Å²) in [4.78, 5) is 20.7. The number of likely N-dealkylation sites (N-methyl/N-ethyl adjacent to an activating group) is 1. The summed E-state index contributed by atoms with van der Waals surface area (Å²) in [7, 11) is 2.04. The van der Waals surface area contributed by atoms with Crippen LogP contribution in [-0.4, -0.2) is 53.9 Å². The van der Waals surface area contributed by atoms with Crippen molar-refractivity contribution in [3.63, 3.8) is 0 Å². The molecule has 0 radical (unpaired) electrons. The maximum atomic E-state index is 11.6. The Morgan fingerprint density at radius 3 is 2.86 bits per heavy atom. The van der Waals surface area contributed by atoms with Gasteiger partial charge in [-0.05, 0) is 19.2 Å². The van der Waals surface area contributed by atoms with Gasteiger partial charge in [0.25, 0.3) is 0 Å². The van der Waals surface area contributed by atoms with Gasteiger partial charge in [0.15, 0.2) is 0 Å². The monoisotopic (exact) mass is 298 g/mol. The minimum Gasteiger partial charge on any atom is -0.369 e. The molecule has 1 aliphatic rings. The molecule has 0 unspecified atom stereocenters. The minimum atomic E-state index is -0.217. The lowest BCUT2D eigenvalue weighted by Gasteiger charge is -2.21. The van der Waals surface area contributed by atoms with Crippen LogP contribution in [0.25, 0.3) is 10.9 Å². The molecule has 1 aromatic carbocycles. The fourth-order valence-corrected chi connectivity index (χ4v) is 2.99. The van der Waals surface area contributed by atoms with Gasteiger partial charge < -0.3 is 10.6 Å². The van der Waals surface area contributed by atoms with E-state index in [1.165, 1.54) is 0 Å². The number of carbonyl (C=O) groups excluding carboxylic acids is 1. The van der Waals surface area contributed by atoms with E-state index < -0.39 is 0 Å². The van der Waals surface area contributed by atoms with Gasteiger partial charge in [-0.15, -0.1) is 0 Å². The van der Waals surface area contributed by atoms with Crippen LogP contribution in [0.4, 0.5) is 0 Å². The molecule has 1 aromatic heterocycles. The van der Waals surface area contributed by atoms with Crippen molar-refractivity contribution < 1.29 is 4.79 Å². The minimum absolute atomic E-state index is 0.118. The number of primary amides is 1. The second-order valence-electron chi connectivity index (χ2n) is 6.09. The number of nitrogens with two attached hydrogens (primary N) is 1. The smallest absolute Gasteiger partial charge is 0.223 e. The lowest BCUT2D eigenvalue weighted by molar-refractivity contribution is -0.122. The molecule has 0 bridgehead atoms. The molecule has 1 amide bonds. The molecule has 0 spiro atoms. The van der Waals surface area contributed by atoms with Gasteiger partial charge in [0, 0.05) is 38.1 Å². The molecule has 2 heterocycles. The fourth-order valence-electron chi connectivity index (χ4n) is 2.99. The molecule has 5 nitrogen and oxygen atoms in total. The molecule has 116 valence electrons. The van der Waals surface area contributed by atoms with Crippen LogP contribution in [0.2, 0.25) is 0 Å². The molecular weight excluding hydrogens is 276 g/mol. The third-order valence-corrected chi connectivity index (χ3v) is 4.25. The molecule has 5 heteroatoms. The highest BCUT2D eigenvalue weighted by Crippen LogP contribution is 2.15. The number of benzene rings is 1. The van der Waals surface area contributed by atoms with Crippen molar-refractivity contribution in [3.05, 3.63) is 42.1 Å². The quantitative estimate of drug-likeness (QED) is 0.921. The Labute approximate surface area is 130 Å². The number of fused-ring (bicyclic) bond motifs is 1. The number of para-hydroxylation sites is 1. The van der Waals surface area contributed by atoms with Crippen molar-refractivity contribution in [1.29, 1.82) is 0 Å². The highest BCUT2D eigenvalue weighted by molar-refractivity contribution is 5.78. The van der Waals surface area contributed by atoms with Crippen LogP contribution in [0.3, 0.4) is 0 Å². The molecular formula is C17H22N4O. The molecule has 2 N–H and O–H groups in total. The molecule has 1 saturated heterocycles. The Morgan fingerprint density at radius 2 is 2.05 bits per heavy atom. The van der Waals surface area contributed by atoms with Crippen LogP contribution < -0.4 is 5.73 Å². The molecule has 22 heavy (non-hydrogen) atoms. The normalized spacial score (nSPS) is 20.9. The number of pyridine rings is 1. The van der Waals surface area contributed by atoms with Gasteiger partial charge in [-0.25, -0.2) is 0 Å². The Bertz CT molecular complexity index is 673. The van der Waals surface area contributed by atoms with Gasteiger partial charge in [0.1, 0.15) is 0 Å². The number of hydrogen-bond acceptors (Lipinski definition) is 4. The highest BCUT2D eigenvalue weighted by atomic mass is 16.1. The molecule has 1 atom stereocenters. The summed E-state index contributed by atoms with van der Waals surface area (Å²) >= 11 is 0. The van der Waals surface area contributed by atoms with Crippen LogP contribution in [0.15, 0.2) is 36.4 Å². The molecule has 0 aliphatic carbocycles. The van der Waals surface area contributed by atoms with Crippen LogP contribution in [0.1, 0.15) is 5.69 Å². The third-order valence-electron chi connectivity index (χ3n) is 4.25. The number of nitrogens with zero attached hydrogens (tertiary/aromatic N) is 3. The van der Waals surface area contributed by atoms with E-state index in [9.17, 15) is 4.79 Å². The zero-order valence-corrected chi connectivity index (χ0v) is 12.9. The van der Waals surface area contributed by atoms with Crippen molar-refractivity contribution in [2.45, 2.75) is 6.54 Å². The number of carbonyl (C=O) groups is 1. The van der Waals surface area contributed by atoms with Crippen molar-refractivity contribution in [2.24, 2.45) is 11.7 Å². The lowest BCUT2D eigenvalue weighted by atomic mass is 10.1. The summed E-state index contributed by atoms with van der Waals surface area (Å²) in [5, 5.41) is 1.15. The zero-order chi connectivity index (χ0) is 15.5. The molecule has 3 rings (SSSR count). The summed E-state index contributed by atoms with van der Waals surface area (Å²) in [6, 6.07) is 12.3. The Morgan fingerprint density at radius 1 is 1.23 bits per heavy atom. The predicted octanol–water partition coefficient (Wildman–Crippen LogP) is 1.08. The third kappa shape index (κ3) is 3.43. The maximum Gasteiger partial charge on any atom is 0.223 e. The van der Waals surface area contributed by atoms with Gasteiger partial charge in [-0.1, -0.05) is 24.3 Å². The average molecular weight is 298 g/mol. The first kappa shape index (κ1) is 14.9. The first-order valence-corrected chi connectivity index (χ1v) is 7.67. The van der Waals surface area contributed by atoms with Crippen LogP contribution in [0, 0.1) is 5.92 Å². The lowest BCUT2D eigenvalue weighted by Crippen LogP contribution is -2.37. The highest BCUT2D eigenvalue weighted by Gasteiger charge is 2.25. The SMILES string of the molecule is CN1CCN(Cc2ccc3ccccc3n2)C[C@H](C(N)=O)C1. The number of rotatable bonds is 3. The van der Waals surface area contributed by atoms with Gasteiger partial charge >= 0.3 is 0 Å². The van der Waals surface area contributed by atoms with Gasteiger partial charge in [0.2, 0.25) is 5.91 Å². The first-order valence-electron chi connectivity index (χ1n) is 7.67. The maximum absolute atomic E-state index is 11.6. The summed E-state index contributed by atoms with van der Waals surface area (Å²) in [6.45, 7) is 4.06. The molecule has 2 aromatic rings. The van der Waals surface area contributed by atoms with E-state index >= 15 is 0 Å². The standard InChI is InChI=1S/C17H22N4O/c1-20-8-9-21(11-14(10-20)17(18)22)12-15-7-6-13-4-2-3-5-16(13)19-15/h2-7,14H,8-12H2,1H3,(H2,18,22)/t14-/m1/s1. The van der Waals surface area contributed by atoms with Crippen molar-refractivity contribution >= 4 is 16.8 Å². The van der Waals surface area contributed by atoms with Crippen molar-refractivity contribution in [2.75, 3.05) is 33.2 Å². The predicted molar refractivity (Wildman–Crippen MR) is 87.2 cm³/mol. The van der Waals surface area contributed by atoms with E-state index in [1.807, 2.05) is 25.2 Å². The van der Waals surface area contributed by atoms with Crippen molar-refractivity contribution in [3.8, 4) is 0 Å². The van der Waals surface area contributed by atoms with Gasteiger partial charge in [0.05, 0.1) is 17.1 Å². The van der Waals surface area contributed by atoms with Crippen molar-refractivity contribution in [1.82, 2.24) is 14.8 Å². The van der Waals surface area contributed by atoms with Crippen LogP contribution >= 0.6 is 0 Å². The summed E-state index contributed by atoms with van der Waals surface area (Å²) in [6.07, 6.45) is 0. The number of hydrogen-bond donors (Lipinski definition) is 1. The van der Waals surface area contributed by atoms with Crippen LogP contribution in [-0.2, 0) is 11.3 Å². The zero-order valence-electron chi connectivity index (χ0n) is 12.9. The second kappa shape index (κ2) is 6.42. The summed E-state index contributed by atoms with van der Waals surface area (Å²) in [5.41, 5.74) is 7.57. The average Bonchev–Trinajstić information content (AvgIpc) is 2.69. The van der Waals surface area contributed by atoms with E-state index in [-0.39, 0.29) is 11.8 Å². The van der Waals surface area contributed by atoms with Gasteiger partial charge in [-0.3, -0.25) is 14.7 Å². The topological polar surface area (TPSA) is 62.5 Å². The summed E-state index contributed by atoms with van der Waals surface area (Å²) < 4.78 is 0. The van der Waals surface area contributed by atoms with E-state index in [0.29, 0.717) is 6.54 Å². The van der Waals surface area contributed by atoms with Crippen LogP contribution in [0.5, 0.6) is 0 Å². The Balaban J connectivity index is 1.76. The Kier molecular flexibility index (Phi) is 4.36. The van der Waals surface area contributed by atoms with E-state index in [4.69, 9.17) is 10.7 Å². The Hall–Kier alpha value is -1.98. The molecule has 1 aliphatic heterocycles. The second-order valence-corrected chi connectivity index (χ2v) is 6.09. The largest absolute Gasteiger partial charge is 0.369 e.